The number of hydrogen-bond acceptors (Lipinski definition) is 5. The minimum absolute atomic E-state index is 0.0220. The second-order valence-corrected chi connectivity index (χ2v) is 6.91. The first-order valence-electron chi connectivity index (χ1n) is 9.74. The van der Waals surface area contributed by atoms with E-state index in [0.29, 0.717) is 44.9 Å². The van der Waals surface area contributed by atoms with Gasteiger partial charge in [-0.25, -0.2) is 9.48 Å². The van der Waals surface area contributed by atoms with Crippen LogP contribution >= 0.6 is 0 Å². The Morgan fingerprint density at radius 2 is 1.66 bits per heavy atom. The first-order chi connectivity index (χ1) is 14.2. The normalized spacial score (nSPS) is 14.2. The lowest BCUT2D eigenvalue weighted by Crippen LogP contribution is -2.50. The summed E-state index contributed by atoms with van der Waals surface area (Å²) in [5, 5.41) is 8.37. The minimum Gasteiger partial charge on any atom is -0.450 e. The first kappa shape index (κ1) is 18.9. The summed E-state index contributed by atoms with van der Waals surface area (Å²) in [6.07, 6.45) is -0.315. The number of hydrogen-bond donors (Lipinski definition) is 0. The number of ether oxygens (including phenoxy) is 1. The number of amides is 2. The van der Waals surface area contributed by atoms with E-state index in [1.165, 1.54) is 0 Å². The van der Waals surface area contributed by atoms with Gasteiger partial charge in [-0.3, -0.25) is 4.79 Å². The van der Waals surface area contributed by atoms with Gasteiger partial charge in [-0.1, -0.05) is 29.5 Å². The van der Waals surface area contributed by atoms with Crippen LogP contribution in [0.2, 0.25) is 0 Å². The predicted molar refractivity (Wildman–Crippen MR) is 108 cm³/mol. The third-order valence-corrected chi connectivity index (χ3v) is 5.05. The van der Waals surface area contributed by atoms with Gasteiger partial charge in [0.25, 0.3) is 5.91 Å². The second-order valence-electron chi connectivity index (χ2n) is 6.91. The fourth-order valence-corrected chi connectivity index (χ4v) is 3.45. The Labute approximate surface area is 168 Å². The lowest BCUT2D eigenvalue weighted by molar-refractivity contribution is 0.0570. The Balaban J connectivity index is 1.38. The van der Waals surface area contributed by atoms with Gasteiger partial charge in [-0.05, 0) is 36.8 Å². The van der Waals surface area contributed by atoms with E-state index in [-0.39, 0.29) is 12.0 Å². The summed E-state index contributed by atoms with van der Waals surface area (Å²) in [6, 6.07) is 15.4. The highest BCUT2D eigenvalue weighted by Crippen LogP contribution is 2.14. The zero-order valence-electron chi connectivity index (χ0n) is 16.3. The molecule has 8 nitrogen and oxygen atoms in total. The quantitative estimate of drug-likeness (QED) is 0.680. The van der Waals surface area contributed by atoms with Gasteiger partial charge in [-0.2, -0.15) is 0 Å². The molecule has 0 radical (unpaired) electrons. The largest absolute Gasteiger partial charge is 0.450 e. The average Bonchev–Trinajstić information content (AvgIpc) is 3.17. The van der Waals surface area contributed by atoms with Gasteiger partial charge < -0.3 is 14.5 Å². The summed E-state index contributed by atoms with van der Waals surface area (Å²) in [4.78, 5) is 28.0. The first-order valence-corrected chi connectivity index (χ1v) is 9.74. The van der Waals surface area contributed by atoms with Crippen LogP contribution in [0.1, 0.15) is 22.8 Å². The van der Waals surface area contributed by atoms with Crippen LogP contribution < -0.4 is 0 Å². The van der Waals surface area contributed by atoms with Crippen molar-refractivity contribution in [3.63, 3.8) is 0 Å². The van der Waals surface area contributed by atoms with Gasteiger partial charge in [0, 0.05) is 31.7 Å². The molecule has 0 aliphatic carbocycles. The van der Waals surface area contributed by atoms with E-state index in [9.17, 15) is 9.59 Å². The van der Waals surface area contributed by atoms with E-state index in [0.717, 1.165) is 16.6 Å². The lowest BCUT2D eigenvalue weighted by atomic mass is 10.1. The summed E-state index contributed by atoms with van der Waals surface area (Å²) >= 11 is 0. The zero-order valence-corrected chi connectivity index (χ0v) is 16.3. The molecule has 1 saturated heterocycles. The molecule has 2 amide bonds. The van der Waals surface area contributed by atoms with Crippen LogP contribution in [-0.2, 0) is 11.3 Å². The Bertz CT molecular complexity index is 1010. The monoisotopic (exact) mass is 393 g/mol. The van der Waals surface area contributed by atoms with E-state index >= 15 is 0 Å². The van der Waals surface area contributed by atoms with E-state index in [2.05, 4.69) is 10.3 Å². The van der Waals surface area contributed by atoms with Crippen molar-refractivity contribution in [2.24, 2.45) is 0 Å². The van der Waals surface area contributed by atoms with Gasteiger partial charge >= 0.3 is 6.09 Å². The molecule has 1 aliphatic heterocycles. The standard InChI is InChI=1S/C21H23N5O3/c1-2-29-21(28)25-13-11-24(12-14-25)20(27)17-9-7-16(8-10-17)15-26-19-6-4-3-5-18(19)22-23-26/h3-10H,2,11-15H2,1H3. The molecular weight excluding hydrogens is 370 g/mol. The maximum absolute atomic E-state index is 12.8. The highest BCUT2D eigenvalue weighted by Gasteiger charge is 2.25. The Kier molecular flexibility index (Phi) is 5.41. The van der Waals surface area contributed by atoms with Gasteiger partial charge in [0.1, 0.15) is 5.52 Å². The van der Waals surface area contributed by atoms with Crippen LogP contribution in [0.4, 0.5) is 4.79 Å². The Hall–Kier alpha value is -3.42. The van der Waals surface area contributed by atoms with Crippen molar-refractivity contribution in [2.75, 3.05) is 32.8 Å². The molecule has 0 saturated carbocycles. The van der Waals surface area contributed by atoms with Crippen LogP contribution in [0.15, 0.2) is 48.5 Å². The molecule has 0 spiro atoms. The number of carbonyl (C=O) groups excluding carboxylic acids is 2. The van der Waals surface area contributed by atoms with Crippen LogP contribution in [0.3, 0.4) is 0 Å². The third kappa shape index (κ3) is 4.06. The molecule has 1 aromatic heterocycles. The maximum Gasteiger partial charge on any atom is 0.409 e. The molecule has 0 atom stereocenters. The van der Waals surface area contributed by atoms with E-state index in [1.807, 2.05) is 53.2 Å². The van der Waals surface area contributed by atoms with Crippen LogP contribution in [-0.4, -0.2) is 69.6 Å². The molecule has 1 fully saturated rings. The molecule has 150 valence electrons. The average molecular weight is 393 g/mol. The molecule has 2 heterocycles. The van der Waals surface area contributed by atoms with E-state index < -0.39 is 0 Å². The molecule has 3 aromatic rings. The molecule has 4 rings (SSSR count). The van der Waals surface area contributed by atoms with Crippen molar-refractivity contribution in [1.82, 2.24) is 24.8 Å². The molecule has 2 aromatic carbocycles. The number of rotatable bonds is 4. The summed E-state index contributed by atoms with van der Waals surface area (Å²) < 4.78 is 6.86. The SMILES string of the molecule is CCOC(=O)N1CCN(C(=O)c2ccc(Cn3nnc4ccccc43)cc2)CC1. The lowest BCUT2D eigenvalue weighted by Gasteiger charge is -2.34. The van der Waals surface area contributed by atoms with Gasteiger partial charge in [0.15, 0.2) is 0 Å². The van der Waals surface area contributed by atoms with E-state index in [1.54, 1.807) is 16.7 Å². The van der Waals surface area contributed by atoms with Crippen molar-refractivity contribution >= 4 is 23.0 Å². The fraction of sp³-hybridized carbons (Fsp3) is 0.333. The van der Waals surface area contributed by atoms with Gasteiger partial charge in [0.2, 0.25) is 0 Å². The summed E-state index contributed by atoms with van der Waals surface area (Å²) in [6.45, 7) is 4.72. The second kappa shape index (κ2) is 8.30. The van der Waals surface area contributed by atoms with E-state index in [4.69, 9.17) is 4.74 Å². The molecule has 29 heavy (non-hydrogen) atoms. The number of fused-ring (bicyclic) bond motifs is 1. The van der Waals surface area contributed by atoms with Crippen molar-refractivity contribution in [2.45, 2.75) is 13.5 Å². The number of aromatic nitrogens is 3. The predicted octanol–water partition coefficient (Wildman–Crippen LogP) is 2.39. The van der Waals surface area contributed by atoms with Gasteiger partial charge in [0.05, 0.1) is 18.7 Å². The number of para-hydroxylation sites is 1. The number of carbonyl (C=O) groups is 2. The van der Waals surface area contributed by atoms with Crippen molar-refractivity contribution in [3.05, 3.63) is 59.7 Å². The van der Waals surface area contributed by atoms with Gasteiger partial charge in [-0.15, -0.1) is 5.10 Å². The van der Waals surface area contributed by atoms with Crippen molar-refractivity contribution in [1.29, 1.82) is 0 Å². The highest BCUT2D eigenvalue weighted by molar-refractivity contribution is 5.94. The number of piperazine rings is 1. The van der Waals surface area contributed by atoms with Crippen molar-refractivity contribution in [3.8, 4) is 0 Å². The Morgan fingerprint density at radius 1 is 0.966 bits per heavy atom. The molecular formula is C21H23N5O3. The summed E-state index contributed by atoms with van der Waals surface area (Å²) in [5.41, 5.74) is 3.53. The third-order valence-electron chi connectivity index (χ3n) is 5.05. The van der Waals surface area contributed by atoms with Crippen LogP contribution in [0.25, 0.3) is 11.0 Å². The summed E-state index contributed by atoms with van der Waals surface area (Å²) in [7, 11) is 0. The Morgan fingerprint density at radius 3 is 2.38 bits per heavy atom. The molecule has 1 aliphatic rings. The van der Waals surface area contributed by atoms with Crippen LogP contribution in [0.5, 0.6) is 0 Å². The minimum atomic E-state index is -0.315. The molecule has 0 N–H and O–H groups in total. The number of benzene rings is 2. The zero-order chi connectivity index (χ0) is 20.2. The fourth-order valence-electron chi connectivity index (χ4n) is 3.45. The molecule has 0 bridgehead atoms. The number of nitrogens with zero attached hydrogens (tertiary/aromatic N) is 5. The highest BCUT2D eigenvalue weighted by atomic mass is 16.6. The van der Waals surface area contributed by atoms with Crippen molar-refractivity contribution < 1.29 is 14.3 Å². The topological polar surface area (TPSA) is 80.6 Å². The molecule has 8 heteroatoms. The molecule has 0 unspecified atom stereocenters. The van der Waals surface area contributed by atoms with Crippen LogP contribution in [0, 0.1) is 0 Å². The summed E-state index contributed by atoms with van der Waals surface area (Å²) in [5.74, 6) is -0.0220. The smallest absolute Gasteiger partial charge is 0.409 e. The maximum atomic E-state index is 12.8.